The predicted molar refractivity (Wildman–Crippen MR) is 91.1 cm³/mol. The van der Waals surface area contributed by atoms with Gasteiger partial charge in [-0.1, -0.05) is 19.1 Å². The molecule has 0 radical (unpaired) electrons. The minimum atomic E-state index is -0.799. The van der Waals surface area contributed by atoms with Gasteiger partial charge in [0.2, 0.25) is 0 Å². The summed E-state index contributed by atoms with van der Waals surface area (Å²) < 4.78 is 1.16. The molecule has 0 amide bonds. The molecule has 4 nitrogen and oxygen atoms in total. The largest absolute Gasteiger partial charge is 0.385 e. The van der Waals surface area contributed by atoms with Gasteiger partial charge in [-0.25, -0.2) is 0 Å². The van der Waals surface area contributed by atoms with E-state index in [-0.39, 0.29) is 0 Å². The van der Waals surface area contributed by atoms with Gasteiger partial charge in [-0.15, -0.1) is 11.3 Å². The van der Waals surface area contributed by atoms with E-state index in [1.165, 1.54) is 0 Å². The Morgan fingerprint density at radius 3 is 2.91 bits per heavy atom. The SMILES string of the molecule is CCC(C)(O)c1ccc2cc(-c3n[nH]c4ccsc34)[nH]c2c1. The highest BCUT2D eigenvalue weighted by atomic mass is 32.1. The third-order valence-electron chi connectivity index (χ3n) is 4.36. The fraction of sp³-hybridized carbons (Fsp3) is 0.235. The van der Waals surface area contributed by atoms with Gasteiger partial charge in [-0.05, 0) is 42.5 Å². The average Bonchev–Trinajstić information content (AvgIpc) is 3.20. The van der Waals surface area contributed by atoms with E-state index in [0.717, 1.165) is 38.1 Å². The Kier molecular flexibility index (Phi) is 2.89. The summed E-state index contributed by atoms with van der Waals surface area (Å²) in [5, 5.41) is 21.1. The number of aliphatic hydroxyl groups is 1. The molecule has 0 aliphatic heterocycles. The molecule has 0 saturated heterocycles. The van der Waals surface area contributed by atoms with Crippen LogP contribution in [0.2, 0.25) is 0 Å². The zero-order valence-electron chi connectivity index (χ0n) is 12.5. The van der Waals surface area contributed by atoms with Gasteiger partial charge in [-0.2, -0.15) is 5.10 Å². The first kappa shape index (κ1) is 13.5. The van der Waals surface area contributed by atoms with Crippen LogP contribution in [0.4, 0.5) is 0 Å². The molecule has 1 aromatic carbocycles. The predicted octanol–water partition coefficient (Wildman–Crippen LogP) is 4.39. The van der Waals surface area contributed by atoms with Crippen molar-refractivity contribution in [2.24, 2.45) is 0 Å². The zero-order chi connectivity index (χ0) is 15.3. The second-order valence-corrected chi connectivity index (χ2v) is 6.76. The maximum atomic E-state index is 10.4. The van der Waals surface area contributed by atoms with Gasteiger partial charge in [0, 0.05) is 10.9 Å². The van der Waals surface area contributed by atoms with Crippen molar-refractivity contribution in [3.63, 3.8) is 0 Å². The first-order valence-electron chi connectivity index (χ1n) is 7.36. The summed E-state index contributed by atoms with van der Waals surface area (Å²) in [5.41, 5.74) is 4.16. The van der Waals surface area contributed by atoms with E-state index in [2.05, 4.69) is 26.6 Å². The highest BCUT2D eigenvalue weighted by Gasteiger charge is 2.21. The standard InChI is InChI=1S/C17H17N3OS/c1-3-17(2,21)11-5-4-10-8-14(18-13(10)9-11)15-16-12(19-20-15)6-7-22-16/h4-9,18,21H,3H2,1-2H3,(H,19,20). The molecule has 3 heterocycles. The van der Waals surface area contributed by atoms with E-state index in [4.69, 9.17) is 0 Å². The monoisotopic (exact) mass is 311 g/mol. The minimum Gasteiger partial charge on any atom is -0.385 e. The summed E-state index contributed by atoms with van der Waals surface area (Å²) in [5.74, 6) is 0. The smallest absolute Gasteiger partial charge is 0.126 e. The number of benzene rings is 1. The fourth-order valence-corrected chi connectivity index (χ4v) is 3.57. The first-order valence-corrected chi connectivity index (χ1v) is 8.24. The number of rotatable bonds is 3. The number of aromatic nitrogens is 3. The molecule has 0 aliphatic rings. The topological polar surface area (TPSA) is 64.7 Å². The number of fused-ring (bicyclic) bond motifs is 2. The van der Waals surface area contributed by atoms with Crippen molar-refractivity contribution in [2.45, 2.75) is 25.9 Å². The number of hydrogen-bond acceptors (Lipinski definition) is 3. The van der Waals surface area contributed by atoms with Crippen molar-refractivity contribution in [3.8, 4) is 11.4 Å². The average molecular weight is 311 g/mol. The number of nitrogens with one attached hydrogen (secondary N) is 2. The summed E-state index contributed by atoms with van der Waals surface area (Å²) in [6, 6.07) is 10.2. The molecule has 0 fully saturated rings. The van der Waals surface area contributed by atoms with Crippen molar-refractivity contribution < 1.29 is 5.11 Å². The molecule has 0 spiro atoms. The van der Waals surface area contributed by atoms with Crippen LogP contribution in [0.1, 0.15) is 25.8 Å². The summed E-state index contributed by atoms with van der Waals surface area (Å²) in [4.78, 5) is 3.43. The van der Waals surface area contributed by atoms with Crippen LogP contribution in [-0.4, -0.2) is 20.3 Å². The zero-order valence-corrected chi connectivity index (χ0v) is 13.3. The van der Waals surface area contributed by atoms with Gasteiger partial charge >= 0.3 is 0 Å². The molecule has 1 unspecified atom stereocenters. The lowest BCUT2D eigenvalue weighted by Crippen LogP contribution is -2.19. The molecule has 4 aromatic rings. The number of hydrogen-bond donors (Lipinski definition) is 3. The van der Waals surface area contributed by atoms with Crippen LogP contribution in [0.25, 0.3) is 32.5 Å². The lowest BCUT2D eigenvalue weighted by Gasteiger charge is -2.21. The molecule has 3 aromatic heterocycles. The van der Waals surface area contributed by atoms with E-state index in [9.17, 15) is 5.11 Å². The molecule has 3 N–H and O–H groups in total. The Hall–Kier alpha value is -2.11. The summed E-state index contributed by atoms with van der Waals surface area (Å²) in [7, 11) is 0. The van der Waals surface area contributed by atoms with Gasteiger partial charge in [0.15, 0.2) is 0 Å². The maximum absolute atomic E-state index is 10.4. The number of H-pyrrole nitrogens is 2. The molecular formula is C17H17N3OS. The Labute approximate surface area is 131 Å². The van der Waals surface area contributed by atoms with Crippen LogP contribution < -0.4 is 0 Å². The molecule has 0 bridgehead atoms. The Bertz CT molecular complexity index is 961. The number of aromatic amines is 2. The summed E-state index contributed by atoms with van der Waals surface area (Å²) in [6.07, 6.45) is 0.682. The van der Waals surface area contributed by atoms with Crippen LogP contribution in [-0.2, 0) is 5.60 Å². The second kappa shape index (κ2) is 4.69. The van der Waals surface area contributed by atoms with Crippen molar-refractivity contribution in [1.29, 1.82) is 0 Å². The molecule has 22 heavy (non-hydrogen) atoms. The van der Waals surface area contributed by atoms with Crippen LogP contribution in [0, 0.1) is 0 Å². The normalized spacial score (nSPS) is 14.7. The van der Waals surface area contributed by atoms with Crippen LogP contribution >= 0.6 is 11.3 Å². The van der Waals surface area contributed by atoms with Crippen LogP contribution in [0.5, 0.6) is 0 Å². The van der Waals surface area contributed by atoms with Gasteiger partial charge in [0.05, 0.1) is 21.5 Å². The lowest BCUT2D eigenvalue weighted by molar-refractivity contribution is 0.0532. The third-order valence-corrected chi connectivity index (χ3v) is 5.28. The second-order valence-electron chi connectivity index (χ2n) is 5.85. The number of nitrogens with zero attached hydrogens (tertiary/aromatic N) is 1. The van der Waals surface area contributed by atoms with Gasteiger partial charge in [0.1, 0.15) is 5.69 Å². The van der Waals surface area contributed by atoms with Gasteiger partial charge in [-0.3, -0.25) is 5.10 Å². The third kappa shape index (κ3) is 1.97. The molecule has 112 valence electrons. The molecule has 4 rings (SSSR count). The maximum Gasteiger partial charge on any atom is 0.126 e. The highest BCUT2D eigenvalue weighted by molar-refractivity contribution is 7.17. The van der Waals surface area contributed by atoms with Crippen molar-refractivity contribution >= 4 is 32.5 Å². The molecule has 0 aliphatic carbocycles. The Balaban J connectivity index is 1.86. The molecular weight excluding hydrogens is 294 g/mol. The van der Waals surface area contributed by atoms with Crippen molar-refractivity contribution in [1.82, 2.24) is 15.2 Å². The first-order chi connectivity index (χ1) is 10.6. The van der Waals surface area contributed by atoms with E-state index >= 15 is 0 Å². The number of thiophene rings is 1. The van der Waals surface area contributed by atoms with Crippen molar-refractivity contribution in [3.05, 3.63) is 41.3 Å². The van der Waals surface area contributed by atoms with Gasteiger partial charge in [0.25, 0.3) is 0 Å². The molecule has 1 atom stereocenters. The summed E-state index contributed by atoms with van der Waals surface area (Å²) in [6.45, 7) is 3.84. The Morgan fingerprint density at radius 2 is 2.09 bits per heavy atom. The van der Waals surface area contributed by atoms with E-state index < -0.39 is 5.60 Å². The van der Waals surface area contributed by atoms with E-state index in [1.54, 1.807) is 11.3 Å². The Morgan fingerprint density at radius 1 is 1.23 bits per heavy atom. The van der Waals surface area contributed by atoms with Crippen LogP contribution in [0.15, 0.2) is 35.7 Å². The van der Waals surface area contributed by atoms with E-state index in [0.29, 0.717) is 6.42 Å². The summed E-state index contributed by atoms with van der Waals surface area (Å²) >= 11 is 1.68. The quantitative estimate of drug-likeness (QED) is 0.525. The van der Waals surface area contributed by atoms with Crippen molar-refractivity contribution in [2.75, 3.05) is 0 Å². The van der Waals surface area contributed by atoms with Crippen LogP contribution in [0.3, 0.4) is 0 Å². The highest BCUT2D eigenvalue weighted by Crippen LogP contribution is 2.33. The lowest BCUT2D eigenvalue weighted by atomic mass is 9.93. The molecule has 0 saturated carbocycles. The minimum absolute atomic E-state index is 0.682. The van der Waals surface area contributed by atoms with E-state index in [1.807, 2.05) is 38.1 Å². The molecule has 5 heteroatoms. The van der Waals surface area contributed by atoms with Gasteiger partial charge < -0.3 is 10.1 Å². The fourth-order valence-electron chi connectivity index (χ4n) is 2.72.